The smallest absolute Gasteiger partial charge is 0.0693 e. The number of hydrogen-bond donors (Lipinski definition) is 2. The van der Waals surface area contributed by atoms with Crippen molar-refractivity contribution in [2.45, 2.75) is 51.3 Å². The molecule has 0 aromatic heterocycles. The van der Waals surface area contributed by atoms with Crippen LogP contribution >= 0.6 is 0 Å². The van der Waals surface area contributed by atoms with E-state index in [0.717, 1.165) is 19.3 Å². The molecule has 0 radical (unpaired) electrons. The first-order chi connectivity index (χ1) is 7.68. The van der Waals surface area contributed by atoms with Gasteiger partial charge in [0, 0.05) is 12.1 Å². The summed E-state index contributed by atoms with van der Waals surface area (Å²) >= 11 is 0. The lowest BCUT2D eigenvalue weighted by Crippen LogP contribution is -2.37. The molecule has 3 atom stereocenters. The Morgan fingerprint density at radius 2 is 2.06 bits per heavy atom. The summed E-state index contributed by atoms with van der Waals surface area (Å²) in [7, 11) is 0. The van der Waals surface area contributed by atoms with Crippen molar-refractivity contribution in [3.8, 4) is 0 Å². The summed E-state index contributed by atoms with van der Waals surface area (Å²) in [5.41, 5.74) is 2.65. The molecule has 1 fully saturated rings. The predicted octanol–water partition coefficient (Wildman–Crippen LogP) is 2.56. The molecule has 0 spiro atoms. The lowest BCUT2D eigenvalue weighted by atomic mass is 10.0. The summed E-state index contributed by atoms with van der Waals surface area (Å²) in [5.74, 6) is 0. The van der Waals surface area contributed by atoms with E-state index < -0.39 is 0 Å². The van der Waals surface area contributed by atoms with Gasteiger partial charge in [-0.2, -0.15) is 0 Å². The summed E-state index contributed by atoms with van der Waals surface area (Å²) in [6, 6.07) is 9.03. The first kappa shape index (κ1) is 11.6. The largest absolute Gasteiger partial charge is 0.392 e. The fourth-order valence-electron chi connectivity index (χ4n) is 2.62. The average molecular weight is 219 g/mol. The highest BCUT2D eigenvalue weighted by Crippen LogP contribution is 2.23. The van der Waals surface area contributed by atoms with Gasteiger partial charge in [-0.05, 0) is 44.2 Å². The Kier molecular flexibility index (Phi) is 3.62. The normalized spacial score (nSPS) is 26.9. The summed E-state index contributed by atoms with van der Waals surface area (Å²) in [5, 5.41) is 13.3. The SMILES string of the molecule is Cc1ccccc1[C@H](C)NC1CCCC1O. The third-order valence-corrected chi connectivity index (χ3v) is 3.60. The molecular formula is C14H21NO. The van der Waals surface area contributed by atoms with Gasteiger partial charge in [-0.1, -0.05) is 24.3 Å². The highest BCUT2D eigenvalue weighted by molar-refractivity contribution is 5.28. The number of nitrogens with one attached hydrogen (secondary N) is 1. The minimum absolute atomic E-state index is 0.161. The van der Waals surface area contributed by atoms with Crippen LogP contribution in [0, 0.1) is 6.92 Å². The van der Waals surface area contributed by atoms with E-state index in [4.69, 9.17) is 0 Å². The minimum Gasteiger partial charge on any atom is -0.392 e. The Bertz CT molecular complexity index is 350. The molecule has 1 aromatic carbocycles. The summed E-state index contributed by atoms with van der Waals surface area (Å²) in [6.07, 6.45) is 3.01. The van der Waals surface area contributed by atoms with E-state index in [1.54, 1.807) is 0 Å². The quantitative estimate of drug-likeness (QED) is 0.819. The lowest BCUT2D eigenvalue weighted by molar-refractivity contribution is 0.144. The first-order valence-corrected chi connectivity index (χ1v) is 6.18. The molecule has 1 saturated carbocycles. The maximum Gasteiger partial charge on any atom is 0.0693 e. The van der Waals surface area contributed by atoms with Gasteiger partial charge in [-0.25, -0.2) is 0 Å². The van der Waals surface area contributed by atoms with E-state index >= 15 is 0 Å². The average Bonchev–Trinajstić information content (AvgIpc) is 2.65. The van der Waals surface area contributed by atoms with Gasteiger partial charge in [0.1, 0.15) is 0 Å². The van der Waals surface area contributed by atoms with Crippen LogP contribution < -0.4 is 5.32 Å². The second-order valence-corrected chi connectivity index (χ2v) is 4.85. The van der Waals surface area contributed by atoms with E-state index in [0.29, 0.717) is 6.04 Å². The first-order valence-electron chi connectivity index (χ1n) is 6.18. The van der Waals surface area contributed by atoms with Crippen LogP contribution in [0.25, 0.3) is 0 Å². The Morgan fingerprint density at radius 3 is 2.69 bits per heavy atom. The van der Waals surface area contributed by atoms with E-state index in [1.165, 1.54) is 11.1 Å². The third kappa shape index (κ3) is 2.45. The third-order valence-electron chi connectivity index (χ3n) is 3.60. The van der Waals surface area contributed by atoms with Gasteiger partial charge in [0.15, 0.2) is 0 Å². The Hall–Kier alpha value is -0.860. The van der Waals surface area contributed by atoms with Crippen molar-refractivity contribution in [1.82, 2.24) is 5.32 Å². The Balaban J connectivity index is 2.03. The fourth-order valence-corrected chi connectivity index (χ4v) is 2.62. The second-order valence-electron chi connectivity index (χ2n) is 4.85. The molecule has 1 aliphatic carbocycles. The van der Waals surface area contributed by atoms with Gasteiger partial charge in [-0.3, -0.25) is 0 Å². The summed E-state index contributed by atoms with van der Waals surface area (Å²) in [4.78, 5) is 0. The molecule has 0 bridgehead atoms. The van der Waals surface area contributed by atoms with E-state index in [1.807, 2.05) is 0 Å². The summed E-state index contributed by atoms with van der Waals surface area (Å²) < 4.78 is 0. The van der Waals surface area contributed by atoms with Crippen molar-refractivity contribution in [2.24, 2.45) is 0 Å². The van der Waals surface area contributed by atoms with Gasteiger partial charge in [0.05, 0.1) is 6.10 Å². The molecule has 1 aliphatic rings. The molecule has 0 amide bonds. The number of aliphatic hydroxyl groups excluding tert-OH is 1. The monoisotopic (exact) mass is 219 g/mol. The van der Waals surface area contributed by atoms with Crippen molar-refractivity contribution in [3.63, 3.8) is 0 Å². The van der Waals surface area contributed by atoms with E-state index in [2.05, 4.69) is 43.4 Å². The van der Waals surface area contributed by atoms with Crippen LogP contribution in [0.5, 0.6) is 0 Å². The summed E-state index contributed by atoms with van der Waals surface area (Å²) in [6.45, 7) is 4.31. The minimum atomic E-state index is -0.161. The maximum absolute atomic E-state index is 9.79. The van der Waals surface area contributed by atoms with Gasteiger partial charge < -0.3 is 10.4 Å². The Morgan fingerprint density at radius 1 is 1.31 bits per heavy atom. The van der Waals surface area contributed by atoms with Crippen LogP contribution in [0.15, 0.2) is 24.3 Å². The van der Waals surface area contributed by atoms with Gasteiger partial charge in [-0.15, -0.1) is 0 Å². The zero-order valence-electron chi connectivity index (χ0n) is 10.1. The van der Waals surface area contributed by atoms with Gasteiger partial charge in [0.2, 0.25) is 0 Å². The molecule has 2 heteroatoms. The molecular weight excluding hydrogens is 198 g/mol. The number of hydrogen-bond acceptors (Lipinski definition) is 2. The number of rotatable bonds is 3. The molecule has 2 rings (SSSR count). The highest BCUT2D eigenvalue weighted by atomic mass is 16.3. The predicted molar refractivity (Wildman–Crippen MR) is 66.4 cm³/mol. The van der Waals surface area contributed by atoms with Crippen molar-refractivity contribution >= 4 is 0 Å². The topological polar surface area (TPSA) is 32.3 Å². The molecule has 0 saturated heterocycles. The van der Waals surface area contributed by atoms with Crippen molar-refractivity contribution < 1.29 is 5.11 Å². The zero-order valence-corrected chi connectivity index (χ0v) is 10.1. The van der Waals surface area contributed by atoms with Crippen LogP contribution in [0.3, 0.4) is 0 Å². The van der Waals surface area contributed by atoms with E-state index in [-0.39, 0.29) is 12.1 Å². The standard InChI is InChI=1S/C14H21NO/c1-10-6-3-4-7-12(10)11(2)15-13-8-5-9-14(13)16/h3-4,6-7,11,13-16H,5,8-9H2,1-2H3/t11-,13?,14?/m0/s1. The molecule has 88 valence electrons. The van der Waals surface area contributed by atoms with Crippen LogP contribution in [-0.4, -0.2) is 17.3 Å². The Labute approximate surface area is 97.7 Å². The van der Waals surface area contributed by atoms with Crippen molar-refractivity contribution in [2.75, 3.05) is 0 Å². The molecule has 16 heavy (non-hydrogen) atoms. The van der Waals surface area contributed by atoms with Crippen LogP contribution in [0.4, 0.5) is 0 Å². The number of benzene rings is 1. The highest BCUT2D eigenvalue weighted by Gasteiger charge is 2.26. The zero-order chi connectivity index (χ0) is 11.5. The van der Waals surface area contributed by atoms with Gasteiger partial charge >= 0.3 is 0 Å². The van der Waals surface area contributed by atoms with Crippen molar-refractivity contribution in [3.05, 3.63) is 35.4 Å². The molecule has 2 nitrogen and oxygen atoms in total. The molecule has 0 heterocycles. The van der Waals surface area contributed by atoms with Crippen molar-refractivity contribution in [1.29, 1.82) is 0 Å². The molecule has 0 aliphatic heterocycles. The number of aliphatic hydroxyl groups is 1. The molecule has 2 N–H and O–H groups in total. The number of aryl methyl sites for hydroxylation is 1. The maximum atomic E-state index is 9.79. The van der Waals surface area contributed by atoms with Crippen LogP contribution in [0.1, 0.15) is 43.4 Å². The van der Waals surface area contributed by atoms with E-state index in [9.17, 15) is 5.11 Å². The fraction of sp³-hybridized carbons (Fsp3) is 0.571. The molecule has 1 aromatic rings. The second kappa shape index (κ2) is 4.98. The van der Waals surface area contributed by atoms with Crippen LogP contribution in [-0.2, 0) is 0 Å². The lowest BCUT2D eigenvalue weighted by Gasteiger charge is -2.23. The molecule has 2 unspecified atom stereocenters. The van der Waals surface area contributed by atoms with Crippen LogP contribution in [0.2, 0.25) is 0 Å². The van der Waals surface area contributed by atoms with Gasteiger partial charge in [0.25, 0.3) is 0 Å².